The van der Waals surface area contributed by atoms with Gasteiger partial charge < -0.3 is 9.47 Å². The highest BCUT2D eigenvalue weighted by molar-refractivity contribution is 6.15. The number of nitrogens with zero attached hydrogens (tertiary/aromatic N) is 2. The van der Waals surface area contributed by atoms with Crippen LogP contribution in [0.15, 0.2) is 231 Å². The summed E-state index contributed by atoms with van der Waals surface area (Å²) >= 11 is 0. The highest BCUT2D eigenvalue weighted by Crippen LogP contribution is 2.44. The summed E-state index contributed by atoms with van der Waals surface area (Å²) in [6.45, 7) is 0. The van der Waals surface area contributed by atoms with Crippen molar-refractivity contribution in [2.24, 2.45) is 0 Å². The van der Waals surface area contributed by atoms with E-state index in [-0.39, 0.29) is 0 Å². The minimum Gasteiger partial charge on any atom is -0.310 e. The number of para-hydroxylation sites is 2. The molecule has 0 bridgehead atoms. The summed E-state index contributed by atoms with van der Waals surface area (Å²) in [4.78, 5) is 2.43. The Hall–Kier alpha value is -7.68. The fraction of sp³-hybridized carbons (Fsp3) is 0. The molecule has 0 aliphatic rings. The van der Waals surface area contributed by atoms with Gasteiger partial charge in [-0.25, -0.2) is 0 Å². The molecule has 272 valence electrons. The number of fused-ring (bicyclic) bond motifs is 6. The van der Waals surface area contributed by atoms with Crippen LogP contribution in [0.3, 0.4) is 0 Å². The average molecular weight is 739 g/mol. The normalized spacial score (nSPS) is 11.4. The lowest BCUT2D eigenvalue weighted by Crippen LogP contribution is -2.11. The molecular formula is C56H38N2. The molecule has 0 spiro atoms. The van der Waals surface area contributed by atoms with E-state index in [4.69, 9.17) is 0 Å². The van der Waals surface area contributed by atoms with Gasteiger partial charge >= 0.3 is 0 Å². The van der Waals surface area contributed by atoms with E-state index < -0.39 is 0 Å². The summed E-state index contributed by atoms with van der Waals surface area (Å²) in [6, 6.07) is 83.8. The van der Waals surface area contributed by atoms with E-state index in [0.29, 0.717) is 0 Å². The molecule has 2 heteroatoms. The zero-order chi connectivity index (χ0) is 38.4. The van der Waals surface area contributed by atoms with E-state index in [2.05, 4.69) is 240 Å². The van der Waals surface area contributed by atoms with Gasteiger partial charge in [0.25, 0.3) is 0 Å². The van der Waals surface area contributed by atoms with Gasteiger partial charge in [0.2, 0.25) is 0 Å². The lowest BCUT2D eigenvalue weighted by molar-refractivity contribution is 1.18. The van der Waals surface area contributed by atoms with E-state index >= 15 is 0 Å². The van der Waals surface area contributed by atoms with Crippen LogP contribution in [0.2, 0.25) is 0 Å². The molecule has 0 fully saturated rings. The number of benzene rings is 10. The summed E-state index contributed by atoms with van der Waals surface area (Å²) in [7, 11) is 0. The average Bonchev–Trinajstić information content (AvgIpc) is 3.64. The molecular weight excluding hydrogens is 701 g/mol. The van der Waals surface area contributed by atoms with Crippen LogP contribution in [0.25, 0.3) is 82.4 Å². The topological polar surface area (TPSA) is 8.17 Å². The van der Waals surface area contributed by atoms with Gasteiger partial charge in [-0.15, -0.1) is 0 Å². The Balaban J connectivity index is 1.12. The van der Waals surface area contributed by atoms with Crippen LogP contribution in [0.1, 0.15) is 0 Å². The Morgan fingerprint density at radius 3 is 1.48 bits per heavy atom. The lowest BCUT2D eigenvalue weighted by Gasteiger charge is -2.28. The van der Waals surface area contributed by atoms with Crippen molar-refractivity contribution in [3.05, 3.63) is 231 Å². The molecule has 0 amide bonds. The largest absolute Gasteiger partial charge is 0.310 e. The second kappa shape index (κ2) is 14.1. The Bertz CT molecular complexity index is 3220. The van der Waals surface area contributed by atoms with Gasteiger partial charge in [-0.05, 0) is 98.6 Å². The van der Waals surface area contributed by atoms with Crippen molar-refractivity contribution in [3.8, 4) is 39.1 Å². The van der Waals surface area contributed by atoms with Crippen molar-refractivity contribution in [2.75, 3.05) is 4.90 Å². The van der Waals surface area contributed by atoms with Gasteiger partial charge in [-0.2, -0.15) is 0 Å². The fourth-order valence-electron chi connectivity index (χ4n) is 8.85. The van der Waals surface area contributed by atoms with Crippen LogP contribution in [0.5, 0.6) is 0 Å². The van der Waals surface area contributed by atoms with Crippen LogP contribution >= 0.6 is 0 Å². The maximum absolute atomic E-state index is 2.44. The lowest BCUT2D eigenvalue weighted by atomic mass is 9.96. The molecule has 0 N–H and O–H groups in total. The quantitative estimate of drug-likeness (QED) is 0.148. The predicted molar refractivity (Wildman–Crippen MR) is 247 cm³/mol. The van der Waals surface area contributed by atoms with Crippen LogP contribution in [-0.2, 0) is 0 Å². The van der Waals surface area contributed by atoms with Crippen LogP contribution < -0.4 is 4.90 Å². The van der Waals surface area contributed by atoms with Crippen LogP contribution in [0.4, 0.5) is 17.1 Å². The minimum atomic E-state index is 1.09. The Morgan fingerprint density at radius 2 is 0.810 bits per heavy atom. The first-order chi connectivity index (χ1) is 28.8. The van der Waals surface area contributed by atoms with E-state index in [9.17, 15) is 0 Å². The molecule has 58 heavy (non-hydrogen) atoms. The maximum atomic E-state index is 2.44. The summed E-state index contributed by atoms with van der Waals surface area (Å²) in [5.74, 6) is 0. The first-order valence-corrected chi connectivity index (χ1v) is 19.9. The molecule has 0 saturated heterocycles. The summed E-state index contributed by atoms with van der Waals surface area (Å²) in [5, 5.41) is 7.42. The Labute approximate surface area is 338 Å². The van der Waals surface area contributed by atoms with Crippen molar-refractivity contribution in [2.45, 2.75) is 0 Å². The molecule has 11 aromatic rings. The van der Waals surface area contributed by atoms with Gasteiger partial charge in [-0.3, -0.25) is 0 Å². The third kappa shape index (κ3) is 5.74. The third-order valence-corrected chi connectivity index (χ3v) is 11.6. The van der Waals surface area contributed by atoms with E-state index in [1.54, 1.807) is 0 Å². The summed E-state index contributed by atoms with van der Waals surface area (Å²) in [6.07, 6.45) is 0. The maximum Gasteiger partial charge on any atom is 0.0546 e. The number of hydrogen-bond donors (Lipinski definition) is 0. The molecule has 10 aromatic carbocycles. The van der Waals surface area contributed by atoms with E-state index in [1.165, 1.54) is 71.2 Å². The molecule has 0 aliphatic carbocycles. The fourth-order valence-corrected chi connectivity index (χ4v) is 8.85. The highest BCUT2D eigenvalue weighted by Gasteiger charge is 2.20. The molecule has 0 unspecified atom stereocenters. The predicted octanol–water partition coefficient (Wildman–Crippen LogP) is 15.6. The molecule has 0 saturated carbocycles. The van der Waals surface area contributed by atoms with Crippen molar-refractivity contribution in [1.29, 1.82) is 0 Å². The van der Waals surface area contributed by atoms with Crippen molar-refractivity contribution < 1.29 is 0 Å². The van der Waals surface area contributed by atoms with E-state index in [1.807, 2.05) is 0 Å². The third-order valence-electron chi connectivity index (χ3n) is 11.6. The molecule has 0 radical (unpaired) electrons. The Morgan fingerprint density at radius 1 is 0.293 bits per heavy atom. The van der Waals surface area contributed by atoms with E-state index in [0.717, 1.165) is 28.3 Å². The molecule has 0 atom stereocenters. The van der Waals surface area contributed by atoms with Crippen molar-refractivity contribution >= 4 is 60.4 Å². The van der Waals surface area contributed by atoms with Gasteiger partial charge in [0.1, 0.15) is 0 Å². The van der Waals surface area contributed by atoms with Gasteiger partial charge in [0, 0.05) is 33.1 Å². The number of aromatic nitrogens is 1. The Kier molecular flexibility index (Phi) is 8.19. The zero-order valence-corrected chi connectivity index (χ0v) is 31.8. The molecule has 0 aliphatic heterocycles. The molecule has 1 heterocycles. The monoisotopic (exact) mass is 738 g/mol. The molecule has 11 rings (SSSR count). The highest BCUT2D eigenvalue weighted by atomic mass is 15.1. The number of rotatable bonds is 7. The number of anilines is 3. The van der Waals surface area contributed by atoms with Crippen molar-refractivity contribution in [1.82, 2.24) is 4.57 Å². The smallest absolute Gasteiger partial charge is 0.0546 e. The van der Waals surface area contributed by atoms with Gasteiger partial charge in [0.15, 0.2) is 0 Å². The van der Waals surface area contributed by atoms with Gasteiger partial charge in [-0.1, -0.05) is 176 Å². The first-order valence-electron chi connectivity index (χ1n) is 19.9. The van der Waals surface area contributed by atoms with Gasteiger partial charge in [0.05, 0.1) is 22.4 Å². The summed E-state index contributed by atoms with van der Waals surface area (Å²) in [5.41, 5.74) is 14.0. The molecule has 2 nitrogen and oxygen atoms in total. The SMILES string of the molecule is c1ccc(-c2cccc(N(c3ccc(-c4cc(-c5ccccc5)ccc4-n4c5ccccc5c5ccccc54)cc3)c3cc4ccccc4c4ccccc34)c2)cc1. The minimum absolute atomic E-state index is 1.09. The summed E-state index contributed by atoms with van der Waals surface area (Å²) < 4.78 is 2.44. The zero-order valence-electron chi connectivity index (χ0n) is 31.8. The molecule has 1 aromatic heterocycles. The number of hydrogen-bond acceptors (Lipinski definition) is 1. The van der Waals surface area contributed by atoms with Crippen molar-refractivity contribution in [3.63, 3.8) is 0 Å². The van der Waals surface area contributed by atoms with Crippen LogP contribution in [0, 0.1) is 0 Å². The van der Waals surface area contributed by atoms with Crippen LogP contribution in [-0.4, -0.2) is 4.57 Å². The second-order valence-corrected chi connectivity index (χ2v) is 14.9. The second-order valence-electron chi connectivity index (χ2n) is 14.9. The first kappa shape index (κ1) is 33.6. The standard InChI is InChI=1S/C56H38N2/c1-3-16-39(17-4-1)42-21-15-22-46(36-42)57(56-38-44-20-7-8-23-47(44)48-24-9-10-25-49(48)56)45-33-30-41(31-34-45)52-37-43(40-18-5-2-6-19-40)32-35-55(52)58-53-28-13-11-26-50(53)51-27-12-14-29-54(51)58/h1-38H.